The molecule has 0 aliphatic carbocycles. The fourth-order valence-corrected chi connectivity index (χ4v) is 1.79. The number of ether oxygens (including phenoxy) is 1. The van der Waals surface area contributed by atoms with Gasteiger partial charge >= 0.3 is 0 Å². The van der Waals surface area contributed by atoms with E-state index in [2.05, 4.69) is 5.32 Å². The Morgan fingerprint density at radius 1 is 1.15 bits per heavy atom. The number of nitrogens with one attached hydrogen (secondary N) is 1. The topological polar surface area (TPSA) is 38.3 Å². The number of aryl methyl sites for hydroxylation is 1. The van der Waals surface area contributed by atoms with Gasteiger partial charge in [0, 0.05) is 11.3 Å². The van der Waals surface area contributed by atoms with Crippen molar-refractivity contribution in [3.05, 3.63) is 59.7 Å². The van der Waals surface area contributed by atoms with E-state index >= 15 is 0 Å². The van der Waals surface area contributed by atoms with Crippen LogP contribution in [-0.4, -0.2) is 12.5 Å². The van der Waals surface area contributed by atoms with Crippen molar-refractivity contribution in [1.82, 2.24) is 0 Å². The molecule has 0 saturated carbocycles. The summed E-state index contributed by atoms with van der Waals surface area (Å²) in [5.74, 6) is 0.596. The first kappa shape index (κ1) is 14.1. The molecule has 0 radical (unpaired) electrons. The number of carbonyl (C=O) groups is 1. The van der Waals surface area contributed by atoms with Crippen molar-refractivity contribution in [3.8, 4) is 5.75 Å². The fourth-order valence-electron chi connectivity index (χ4n) is 1.79. The lowest BCUT2D eigenvalue weighted by molar-refractivity contribution is 0.102. The third-order valence-electron chi connectivity index (χ3n) is 2.88. The lowest BCUT2D eigenvalue weighted by Crippen LogP contribution is -2.12. The van der Waals surface area contributed by atoms with Gasteiger partial charge in [-0.05, 0) is 43.7 Å². The summed E-state index contributed by atoms with van der Waals surface area (Å²) in [6.07, 6.45) is 0.944. The van der Waals surface area contributed by atoms with Crippen molar-refractivity contribution in [3.63, 3.8) is 0 Å². The number of anilines is 1. The van der Waals surface area contributed by atoms with Gasteiger partial charge in [-0.1, -0.05) is 30.7 Å². The van der Waals surface area contributed by atoms with Crippen LogP contribution < -0.4 is 10.1 Å². The zero-order valence-corrected chi connectivity index (χ0v) is 11.8. The Bertz CT molecular complexity index is 576. The SMILES string of the molecule is CCCOc1cccc(C(=O)Nc2ccc(C)cc2)c1. The average molecular weight is 269 g/mol. The molecular formula is C17H19NO2. The molecule has 1 N–H and O–H groups in total. The van der Waals surface area contributed by atoms with Gasteiger partial charge < -0.3 is 10.1 Å². The van der Waals surface area contributed by atoms with Crippen LogP contribution >= 0.6 is 0 Å². The Kier molecular flexibility index (Phi) is 4.77. The molecular weight excluding hydrogens is 250 g/mol. The molecule has 1 amide bonds. The van der Waals surface area contributed by atoms with Gasteiger partial charge in [0.15, 0.2) is 0 Å². The maximum atomic E-state index is 12.2. The second-order valence-corrected chi connectivity index (χ2v) is 4.70. The highest BCUT2D eigenvalue weighted by Gasteiger charge is 2.07. The molecule has 3 nitrogen and oxygen atoms in total. The van der Waals surface area contributed by atoms with Gasteiger partial charge in [-0.2, -0.15) is 0 Å². The molecule has 0 fully saturated rings. The van der Waals surface area contributed by atoms with Crippen LogP contribution in [0.1, 0.15) is 29.3 Å². The minimum absolute atomic E-state index is 0.129. The van der Waals surface area contributed by atoms with Gasteiger partial charge in [0.2, 0.25) is 0 Å². The van der Waals surface area contributed by atoms with E-state index in [1.165, 1.54) is 0 Å². The van der Waals surface area contributed by atoms with Gasteiger partial charge in [-0.3, -0.25) is 4.79 Å². The van der Waals surface area contributed by atoms with Gasteiger partial charge in [0.25, 0.3) is 5.91 Å². The lowest BCUT2D eigenvalue weighted by Gasteiger charge is -2.08. The maximum absolute atomic E-state index is 12.2. The first-order valence-corrected chi connectivity index (χ1v) is 6.80. The third-order valence-corrected chi connectivity index (χ3v) is 2.88. The summed E-state index contributed by atoms with van der Waals surface area (Å²) in [6.45, 7) is 4.72. The summed E-state index contributed by atoms with van der Waals surface area (Å²) < 4.78 is 5.53. The zero-order valence-electron chi connectivity index (χ0n) is 11.8. The number of amides is 1. The molecule has 0 aliphatic heterocycles. The van der Waals surface area contributed by atoms with E-state index in [0.29, 0.717) is 12.2 Å². The number of rotatable bonds is 5. The summed E-state index contributed by atoms with van der Waals surface area (Å²) in [5, 5.41) is 2.87. The minimum atomic E-state index is -0.129. The summed E-state index contributed by atoms with van der Waals surface area (Å²) in [6, 6.07) is 15.0. The number of carbonyl (C=O) groups excluding carboxylic acids is 1. The van der Waals surface area contributed by atoms with Crippen LogP contribution in [0.4, 0.5) is 5.69 Å². The van der Waals surface area contributed by atoms with E-state index in [1.54, 1.807) is 12.1 Å². The van der Waals surface area contributed by atoms with Crippen molar-refractivity contribution in [1.29, 1.82) is 0 Å². The molecule has 0 aromatic heterocycles. The van der Waals surface area contributed by atoms with Gasteiger partial charge in [-0.25, -0.2) is 0 Å². The highest BCUT2D eigenvalue weighted by molar-refractivity contribution is 6.04. The summed E-state index contributed by atoms with van der Waals surface area (Å²) in [5.41, 5.74) is 2.55. The summed E-state index contributed by atoms with van der Waals surface area (Å²) in [4.78, 5) is 12.2. The average Bonchev–Trinajstić information content (AvgIpc) is 2.48. The quantitative estimate of drug-likeness (QED) is 0.889. The molecule has 2 rings (SSSR count). The fraction of sp³-hybridized carbons (Fsp3) is 0.235. The van der Waals surface area contributed by atoms with Crippen LogP contribution in [0.15, 0.2) is 48.5 Å². The highest BCUT2D eigenvalue weighted by Crippen LogP contribution is 2.16. The molecule has 0 bridgehead atoms. The Balaban J connectivity index is 2.06. The van der Waals surface area contributed by atoms with E-state index in [1.807, 2.05) is 50.2 Å². The molecule has 2 aromatic carbocycles. The van der Waals surface area contributed by atoms with Crippen LogP contribution in [0.2, 0.25) is 0 Å². The Labute approximate surface area is 119 Å². The van der Waals surface area contributed by atoms with Gasteiger partial charge in [0.05, 0.1) is 6.61 Å². The first-order chi connectivity index (χ1) is 9.69. The molecule has 0 saturated heterocycles. The van der Waals surface area contributed by atoms with Crippen molar-refractivity contribution in [2.45, 2.75) is 20.3 Å². The Morgan fingerprint density at radius 3 is 2.60 bits per heavy atom. The third kappa shape index (κ3) is 3.85. The predicted octanol–water partition coefficient (Wildman–Crippen LogP) is 4.04. The second-order valence-electron chi connectivity index (χ2n) is 4.70. The molecule has 0 spiro atoms. The first-order valence-electron chi connectivity index (χ1n) is 6.80. The summed E-state index contributed by atoms with van der Waals surface area (Å²) >= 11 is 0. The van der Waals surface area contributed by atoms with Crippen LogP contribution in [0.3, 0.4) is 0 Å². The van der Waals surface area contributed by atoms with Crippen LogP contribution in [-0.2, 0) is 0 Å². The predicted molar refractivity (Wildman–Crippen MR) is 81.4 cm³/mol. The molecule has 0 heterocycles. The zero-order chi connectivity index (χ0) is 14.4. The maximum Gasteiger partial charge on any atom is 0.255 e. The molecule has 104 valence electrons. The van der Waals surface area contributed by atoms with Crippen molar-refractivity contribution >= 4 is 11.6 Å². The van der Waals surface area contributed by atoms with Crippen molar-refractivity contribution in [2.24, 2.45) is 0 Å². The lowest BCUT2D eigenvalue weighted by atomic mass is 10.2. The van der Waals surface area contributed by atoms with Gasteiger partial charge in [-0.15, -0.1) is 0 Å². The number of hydrogen-bond acceptors (Lipinski definition) is 2. The van der Waals surface area contributed by atoms with E-state index < -0.39 is 0 Å². The van der Waals surface area contributed by atoms with E-state index in [0.717, 1.165) is 23.4 Å². The molecule has 0 aliphatic rings. The molecule has 20 heavy (non-hydrogen) atoms. The van der Waals surface area contributed by atoms with Gasteiger partial charge in [0.1, 0.15) is 5.75 Å². The molecule has 0 atom stereocenters. The largest absolute Gasteiger partial charge is 0.494 e. The van der Waals surface area contributed by atoms with Crippen LogP contribution in [0, 0.1) is 6.92 Å². The van der Waals surface area contributed by atoms with Crippen LogP contribution in [0.25, 0.3) is 0 Å². The number of hydrogen-bond donors (Lipinski definition) is 1. The standard InChI is InChI=1S/C17H19NO2/c1-3-11-20-16-6-4-5-14(12-16)17(19)18-15-9-7-13(2)8-10-15/h4-10,12H,3,11H2,1-2H3,(H,18,19). The van der Waals surface area contributed by atoms with E-state index in [-0.39, 0.29) is 5.91 Å². The van der Waals surface area contributed by atoms with Crippen molar-refractivity contribution in [2.75, 3.05) is 11.9 Å². The number of benzene rings is 2. The van der Waals surface area contributed by atoms with E-state index in [4.69, 9.17) is 4.74 Å². The normalized spacial score (nSPS) is 10.1. The highest BCUT2D eigenvalue weighted by atomic mass is 16.5. The Hall–Kier alpha value is -2.29. The Morgan fingerprint density at radius 2 is 1.90 bits per heavy atom. The second kappa shape index (κ2) is 6.75. The van der Waals surface area contributed by atoms with E-state index in [9.17, 15) is 4.79 Å². The minimum Gasteiger partial charge on any atom is -0.494 e. The summed E-state index contributed by atoms with van der Waals surface area (Å²) in [7, 11) is 0. The molecule has 0 unspecified atom stereocenters. The smallest absolute Gasteiger partial charge is 0.255 e. The monoisotopic (exact) mass is 269 g/mol. The molecule has 3 heteroatoms. The van der Waals surface area contributed by atoms with Crippen molar-refractivity contribution < 1.29 is 9.53 Å². The molecule has 2 aromatic rings. The van der Waals surface area contributed by atoms with Crippen LogP contribution in [0.5, 0.6) is 5.75 Å².